The van der Waals surface area contributed by atoms with Crippen LogP contribution in [0.25, 0.3) is 0 Å². The molecule has 5 N–H and O–H groups in total. The Morgan fingerprint density at radius 1 is 1.33 bits per heavy atom. The van der Waals surface area contributed by atoms with E-state index in [4.69, 9.17) is 10.5 Å². The van der Waals surface area contributed by atoms with Gasteiger partial charge in [0.05, 0.1) is 6.17 Å². The Balaban J connectivity index is 1.73. The number of carbonyl (C=O) groups is 1. The molecule has 0 radical (unpaired) electrons. The van der Waals surface area contributed by atoms with Gasteiger partial charge in [-0.25, -0.2) is 10.2 Å². The van der Waals surface area contributed by atoms with E-state index in [0.717, 1.165) is 25.7 Å². The maximum absolute atomic E-state index is 11.5. The zero-order valence-electron chi connectivity index (χ0n) is 11.1. The van der Waals surface area contributed by atoms with Gasteiger partial charge in [0.2, 0.25) is 0 Å². The molecular formula is C12H24N4O2. The summed E-state index contributed by atoms with van der Waals surface area (Å²) >= 11 is 0. The molecule has 0 spiro atoms. The van der Waals surface area contributed by atoms with Crippen molar-refractivity contribution in [1.82, 2.24) is 16.2 Å². The summed E-state index contributed by atoms with van der Waals surface area (Å²) in [6.07, 6.45) is 3.69. The number of hydrogen-bond donors (Lipinski definition) is 4. The van der Waals surface area contributed by atoms with Crippen molar-refractivity contribution in [2.24, 2.45) is 11.7 Å². The number of alkyl carbamates (subject to hydrolysis) is 1. The number of rotatable bonds is 3. The van der Waals surface area contributed by atoms with Crippen LogP contribution >= 0.6 is 0 Å². The molecule has 1 aliphatic heterocycles. The van der Waals surface area contributed by atoms with Gasteiger partial charge in [-0.15, -0.1) is 0 Å². The molecular weight excluding hydrogens is 232 g/mol. The Kier molecular flexibility index (Phi) is 4.42. The molecule has 1 amide bonds. The largest absolute Gasteiger partial charge is 0.446 e. The molecule has 1 aliphatic carbocycles. The van der Waals surface area contributed by atoms with Crippen LogP contribution in [-0.2, 0) is 4.74 Å². The second-order valence-electron chi connectivity index (χ2n) is 5.64. The average molecular weight is 256 g/mol. The van der Waals surface area contributed by atoms with Gasteiger partial charge in [-0.1, -0.05) is 0 Å². The van der Waals surface area contributed by atoms with Crippen molar-refractivity contribution in [1.29, 1.82) is 0 Å². The van der Waals surface area contributed by atoms with E-state index < -0.39 is 0 Å². The molecule has 2 fully saturated rings. The van der Waals surface area contributed by atoms with Crippen LogP contribution in [0.1, 0.15) is 39.5 Å². The average Bonchev–Trinajstić information content (AvgIpc) is 2.85. The minimum atomic E-state index is -0.301. The first kappa shape index (κ1) is 13.6. The van der Waals surface area contributed by atoms with Gasteiger partial charge in [0.25, 0.3) is 0 Å². The molecule has 2 unspecified atom stereocenters. The summed E-state index contributed by atoms with van der Waals surface area (Å²) < 4.78 is 5.41. The van der Waals surface area contributed by atoms with E-state index in [2.05, 4.69) is 16.2 Å². The van der Waals surface area contributed by atoms with E-state index in [1.807, 2.05) is 13.8 Å². The van der Waals surface area contributed by atoms with E-state index in [1.54, 1.807) is 0 Å². The predicted molar refractivity (Wildman–Crippen MR) is 68.5 cm³/mol. The zero-order valence-corrected chi connectivity index (χ0v) is 11.1. The van der Waals surface area contributed by atoms with Crippen molar-refractivity contribution >= 4 is 6.09 Å². The number of hydrogen-bond acceptors (Lipinski definition) is 5. The van der Waals surface area contributed by atoms with E-state index in [1.165, 1.54) is 0 Å². The monoisotopic (exact) mass is 256 g/mol. The van der Waals surface area contributed by atoms with Crippen LogP contribution in [0.4, 0.5) is 4.79 Å². The van der Waals surface area contributed by atoms with Crippen molar-refractivity contribution in [2.45, 2.75) is 63.9 Å². The molecule has 0 aromatic heterocycles. The van der Waals surface area contributed by atoms with Gasteiger partial charge in [0, 0.05) is 12.1 Å². The van der Waals surface area contributed by atoms with E-state index in [9.17, 15) is 4.79 Å². The van der Waals surface area contributed by atoms with Crippen LogP contribution in [0.15, 0.2) is 0 Å². The molecule has 1 heterocycles. The fourth-order valence-corrected chi connectivity index (χ4v) is 2.78. The number of nitrogens with two attached hydrogens (primary N) is 1. The highest BCUT2D eigenvalue weighted by Crippen LogP contribution is 2.32. The Morgan fingerprint density at radius 2 is 2.11 bits per heavy atom. The van der Waals surface area contributed by atoms with Crippen LogP contribution in [0.5, 0.6) is 0 Å². The van der Waals surface area contributed by atoms with Crippen molar-refractivity contribution < 1.29 is 9.53 Å². The Hall–Kier alpha value is -0.850. The second-order valence-corrected chi connectivity index (χ2v) is 5.64. The summed E-state index contributed by atoms with van der Waals surface area (Å²) in [5, 5.41) is 2.75. The van der Waals surface area contributed by atoms with E-state index in [0.29, 0.717) is 12.0 Å². The third kappa shape index (κ3) is 3.57. The Bertz CT molecular complexity index is 298. The quantitative estimate of drug-likeness (QED) is 0.588. The molecule has 0 aromatic rings. The van der Waals surface area contributed by atoms with Gasteiger partial charge in [-0.3, -0.25) is 5.43 Å². The van der Waals surface area contributed by atoms with Crippen molar-refractivity contribution in [2.75, 3.05) is 0 Å². The molecule has 6 nitrogen and oxygen atoms in total. The normalized spacial score (nSPS) is 36.0. The van der Waals surface area contributed by atoms with Gasteiger partial charge >= 0.3 is 6.09 Å². The predicted octanol–water partition coefficient (Wildman–Crippen LogP) is 0.441. The molecule has 1 saturated carbocycles. The molecule has 2 rings (SSSR count). The molecule has 6 heteroatoms. The summed E-state index contributed by atoms with van der Waals surface area (Å²) in [5.74, 6) is 0.544. The lowest BCUT2D eigenvalue weighted by atomic mass is 9.96. The summed E-state index contributed by atoms with van der Waals surface area (Å²) in [7, 11) is 0. The molecule has 1 saturated heterocycles. The summed E-state index contributed by atoms with van der Waals surface area (Å²) in [5.41, 5.74) is 12.1. The first-order valence-electron chi connectivity index (χ1n) is 6.78. The number of ether oxygens (including phenoxy) is 1. The minimum Gasteiger partial charge on any atom is -0.446 e. The van der Waals surface area contributed by atoms with E-state index in [-0.39, 0.29) is 24.4 Å². The third-order valence-electron chi connectivity index (χ3n) is 3.64. The molecule has 0 aromatic carbocycles. The summed E-state index contributed by atoms with van der Waals surface area (Å²) in [4.78, 5) is 11.5. The fraction of sp³-hybridized carbons (Fsp3) is 0.917. The Morgan fingerprint density at radius 3 is 2.72 bits per heavy atom. The molecule has 0 bridgehead atoms. The topological polar surface area (TPSA) is 88.4 Å². The SMILES string of the molecule is CC(C)NC(=O)O[C@H]1CC[C@@H](C2CC(N)NN2)C1. The summed E-state index contributed by atoms with van der Waals surface area (Å²) in [6.45, 7) is 3.85. The van der Waals surface area contributed by atoms with Gasteiger partial charge in [-0.05, 0) is 45.4 Å². The van der Waals surface area contributed by atoms with Gasteiger partial charge in [0.1, 0.15) is 6.10 Å². The van der Waals surface area contributed by atoms with Gasteiger partial charge in [0.15, 0.2) is 0 Å². The number of amides is 1. The lowest BCUT2D eigenvalue weighted by Crippen LogP contribution is -2.39. The highest BCUT2D eigenvalue weighted by molar-refractivity contribution is 5.67. The van der Waals surface area contributed by atoms with Crippen LogP contribution < -0.4 is 21.9 Å². The smallest absolute Gasteiger partial charge is 0.407 e. The molecule has 18 heavy (non-hydrogen) atoms. The highest BCUT2D eigenvalue weighted by Gasteiger charge is 2.35. The van der Waals surface area contributed by atoms with Crippen molar-refractivity contribution in [3.8, 4) is 0 Å². The second kappa shape index (κ2) is 5.86. The zero-order chi connectivity index (χ0) is 13.1. The van der Waals surface area contributed by atoms with E-state index >= 15 is 0 Å². The number of carbonyl (C=O) groups excluding carboxylic acids is 1. The first-order valence-corrected chi connectivity index (χ1v) is 6.78. The molecule has 104 valence electrons. The number of nitrogens with one attached hydrogen (secondary N) is 3. The van der Waals surface area contributed by atoms with Gasteiger partial charge < -0.3 is 15.8 Å². The molecule has 2 aliphatic rings. The fourth-order valence-electron chi connectivity index (χ4n) is 2.78. The maximum atomic E-state index is 11.5. The third-order valence-corrected chi connectivity index (χ3v) is 3.64. The lowest BCUT2D eigenvalue weighted by Gasteiger charge is -2.18. The maximum Gasteiger partial charge on any atom is 0.407 e. The molecule has 4 atom stereocenters. The van der Waals surface area contributed by atoms with Crippen molar-refractivity contribution in [3.05, 3.63) is 0 Å². The standard InChI is InChI=1S/C12H24N4O2/c1-7(2)14-12(17)18-9-4-3-8(5-9)10-6-11(13)16-15-10/h7-11,15-16H,3-6,13H2,1-2H3,(H,14,17)/t8-,9+,10?,11?/m1/s1. The van der Waals surface area contributed by atoms with Crippen LogP contribution in [0.2, 0.25) is 0 Å². The van der Waals surface area contributed by atoms with Crippen LogP contribution in [-0.4, -0.2) is 30.4 Å². The minimum absolute atomic E-state index is 0.0409. The number of hydrazine groups is 1. The Labute approximate surface area is 108 Å². The first-order chi connectivity index (χ1) is 8.54. The highest BCUT2D eigenvalue weighted by atomic mass is 16.6. The van der Waals surface area contributed by atoms with Gasteiger partial charge in [-0.2, -0.15) is 0 Å². The lowest BCUT2D eigenvalue weighted by molar-refractivity contribution is 0.0956. The summed E-state index contributed by atoms with van der Waals surface area (Å²) in [6, 6.07) is 0.523. The van der Waals surface area contributed by atoms with Crippen molar-refractivity contribution in [3.63, 3.8) is 0 Å². The van der Waals surface area contributed by atoms with Crippen LogP contribution in [0, 0.1) is 5.92 Å². The van der Waals surface area contributed by atoms with Crippen LogP contribution in [0.3, 0.4) is 0 Å².